The van der Waals surface area contributed by atoms with Gasteiger partial charge in [0.15, 0.2) is 5.78 Å². The van der Waals surface area contributed by atoms with E-state index in [0.717, 1.165) is 25.9 Å². The zero-order chi connectivity index (χ0) is 15.8. The number of nitro benzene ring substituents is 1. The van der Waals surface area contributed by atoms with Crippen LogP contribution < -0.4 is 0 Å². The Morgan fingerprint density at radius 2 is 1.95 bits per heavy atom. The molecule has 0 aliphatic heterocycles. The van der Waals surface area contributed by atoms with E-state index in [0.29, 0.717) is 18.0 Å². The highest BCUT2D eigenvalue weighted by molar-refractivity contribution is 5.98. The molecule has 0 atom stereocenters. The quantitative estimate of drug-likeness (QED) is 0.397. The van der Waals surface area contributed by atoms with Crippen LogP contribution in [0.25, 0.3) is 0 Å². The van der Waals surface area contributed by atoms with Gasteiger partial charge in [-0.05, 0) is 12.5 Å². The van der Waals surface area contributed by atoms with Gasteiger partial charge in [-0.25, -0.2) is 0 Å². The lowest BCUT2D eigenvalue weighted by Gasteiger charge is -2.24. The lowest BCUT2D eigenvalue weighted by molar-refractivity contribution is -0.384. The topological polar surface area (TPSA) is 63.5 Å². The molecule has 0 bridgehead atoms. The Bertz CT molecular complexity index is 484. The third kappa shape index (κ3) is 5.27. The Morgan fingerprint density at radius 3 is 2.48 bits per heavy atom. The number of non-ortho nitro benzene ring substituents is 1. The van der Waals surface area contributed by atoms with Gasteiger partial charge in [0.2, 0.25) is 0 Å². The first kappa shape index (κ1) is 17.3. The summed E-state index contributed by atoms with van der Waals surface area (Å²) in [7, 11) is 0. The summed E-state index contributed by atoms with van der Waals surface area (Å²) in [4.78, 5) is 24.7. The second kappa shape index (κ2) is 8.52. The average molecular weight is 292 g/mol. The number of nitro groups is 1. The van der Waals surface area contributed by atoms with E-state index < -0.39 is 4.92 Å². The summed E-state index contributed by atoms with van der Waals surface area (Å²) in [5.74, 6) is 0.523. The van der Waals surface area contributed by atoms with Crippen LogP contribution in [-0.4, -0.2) is 35.2 Å². The first-order chi connectivity index (χ1) is 10.0. The van der Waals surface area contributed by atoms with Crippen LogP contribution in [0, 0.1) is 16.0 Å². The highest BCUT2D eigenvalue weighted by atomic mass is 16.6. The Hall–Kier alpha value is -1.75. The van der Waals surface area contributed by atoms with Crippen molar-refractivity contribution in [1.82, 2.24) is 4.90 Å². The van der Waals surface area contributed by atoms with Crippen molar-refractivity contribution in [3.8, 4) is 0 Å². The maximum Gasteiger partial charge on any atom is 0.270 e. The molecule has 0 saturated carbocycles. The maximum absolute atomic E-state index is 12.3. The summed E-state index contributed by atoms with van der Waals surface area (Å²) < 4.78 is 0. The summed E-state index contributed by atoms with van der Waals surface area (Å²) in [6.07, 6.45) is 2.19. The van der Waals surface area contributed by atoms with Crippen molar-refractivity contribution in [2.75, 3.05) is 19.6 Å². The van der Waals surface area contributed by atoms with Gasteiger partial charge < -0.3 is 0 Å². The van der Waals surface area contributed by atoms with Crippen LogP contribution in [0.1, 0.15) is 44.0 Å². The van der Waals surface area contributed by atoms with E-state index in [9.17, 15) is 14.9 Å². The van der Waals surface area contributed by atoms with Crippen molar-refractivity contribution >= 4 is 11.5 Å². The fourth-order valence-corrected chi connectivity index (χ4v) is 2.30. The van der Waals surface area contributed by atoms with E-state index >= 15 is 0 Å². The molecule has 0 aromatic heterocycles. The molecule has 0 aliphatic rings. The first-order valence-electron chi connectivity index (χ1n) is 7.51. The van der Waals surface area contributed by atoms with Crippen molar-refractivity contribution in [2.24, 2.45) is 5.92 Å². The molecule has 1 rings (SSSR count). The average Bonchev–Trinajstić information content (AvgIpc) is 2.51. The number of benzene rings is 1. The lowest BCUT2D eigenvalue weighted by atomic mass is 10.0. The summed E-state index contributed by atoms with van der Waals surface area (Å²) >= 11 is 0. The highest BCUT2D eigenvalue weighted by Gasteiger charge is 2.16. The predicted molar refractivity (Wildman–Crippen MR) is 83.6 cm³/mol. The normalized spacial score (nSPS) is 11.1. The molecule has 0 heterocycles. The van der Waals surface area contributed by atoms with Crippen molar-refractivity contribution in [3.63, 3.8) is 0 Å². The molecular weight excluding hydrogens is 268 g/mol. The minimum atomic E-state index is -0.474. The zero-order valence-electron chi connectivity index (χ0n) is 13.0. The molecule has 0 spiro atoms. The number of Topliss-reactive ketones (excluding diaryl/α,β-unsaturated/α-hetero) is 1. The van der Waals surface area contributed by atoms with Gasteiger partial charge in [0.1, 0.15) is 0 Å². The molecule has 0 radical (unpaired) electrons. The van der Waals surface area contributed by atoms with E-state index in [2.05, 4.69) is 18.7 Å². The molecule has 0 aliphatic carbocycles. The second-order valence-electron chi connectivity index (χ2n) is 5.24. The maximum atomic E-state index is 12.3. The number of rotatable bonds is 9. The molecule has 0 saturated heterocycles. The fourth-order valence-electron chi connectivity index (χ4n) is 2.30. The van der Waals surface area contributed by atoms with Crippen LogP contribution in [0.15, 0.2) is 24.3 Å². The van der Waals surface area contributed by atoms with E-state index in [1.807, 2.05) is 6.92 Å². The molecule has 5 heteroatoms. The van der Waals surface area contributed by atoms with E-state index in [1.54, 1.807) is 12.1 Å². The Labute approximate surface area is 126 Å². The standard InChI is InChI=1S/C16H24N2O3/c1-4-13(5-2)11-17(6-3)12-16(19)14-8-7-9-15(10-14)18(20)21/h7-10,13H,4-6,11-12H2,1-3H3. The van der Waals surface area contributed by atoms with Crippen LogP contribution in [0.3, 0.4) is 0 Å². The predicted octanol–water partition coefficient (Wildman–Crippen LogP) is 3.54. The third-order valence-corrected chi connectivity index (χ3v) is 3.86. The number of hydrogen-bond donors (Lipinski definition) is 0. The molecule has 0 fully saturated rings. The second-order valence-corrected chi connectivity index (χ2v) is 5.24. The molecule has 0 unspecified atom stereocenters. The Morgan fingerprint density at radius 1 is 1.29 bits per heavy atom. The third-order valence-electron chi connectivity index (χ3n) is 3.86. The van der Waals surface area contributed by atoms with Gasteiger partial charge in [-0.3, -0.25) is 19.8 Å². The number of carbonyl (C=O) groups is 1. The van der Waals surface area contributed by atoms with Crippen LogP contribution in [0.2, 0.25) is 0 Å². The lowest BCUT2D eigenvalue weighted by Crippen LogP contribution is -2.34. The molecule has 21 heavy (non-hydrogen) atoms. The van der Waals surface area contributed by atoms with Gasteiger partial charge >= 0.3 is 0 Å². The minimum Gasteiger partial charge on any atom is -0.296 e. The van der Waals surface area contributed by atoms with Gasteiger partial charge in [0.05, 0.1) is 11.5 Å². The molecular formula is C16H24N2O3. The smallest absolute Gasteiger partial charge is 0.270 e. The molecule has 1 aromatic rings. The SMILES string of the molecule is CCC(CC)CN(CC)CC(=O)c1cccc([N+](=O)[O-])c1. The number of likely N-dealkylation sites (N-methyl/N-ethyl adjacent to an activating group) is 1. The van der Waals surface area contributed by atoms with Gasteiger partial charge in [0.25, 0.3) is 5.69 Å². The fraction of sp³-hybridized carbons (Fsp3) is 0.562. The van der Waals surface area contributed by atoms with E-state index in [4.69, 9.17) is 0 Å². The number of nitrogens with zero attached hydrogens (tertiary/aromatic N) is 2. The van der Waals surface area contributed by atoms with Crippen molar-refractivity contribution in [1.29, 1.82) is 0 Å². The van der Waals surface area contributed by atoms with Gasteiger partial charge in [-0.2, -0.15) is 0 Å². The molecule has 1 aromatic carbocycles. The van der Waals surface area contributed by atoms with E-state index in [1.165, 1.54) is 12.1 Å². The van der Waals surface area contributed by atoms with Crippen molar-refractivity contribution in [2.45, 2.75) is 33.6 Å². The zero-order valence-corrected chi connectivity index (χ0v) is 13.0. The van der Waals surface area contributed by atoms with Gasteiger partial charge in [-0.1, -0.05) is 45.7 Å². The summed E-state index contributed by atoms with van der Waals surface area (Å²) in [5, 5.41) is 10.8. The van der Waals surface area contributed by atoms with Crippen LogP contribution in [0.4, 0.5) is 5.69 Å². The highest BCUT2D eigenvalue weighted by Crippen LogP contribution is 2.15. The van der Waals surface area contributed by atoms with Gasteiger partial charge in [0, 0.05) is 24.2 Å². The molecule has 5 nitrogen and oxygen atoms in total. The van der Waals surface area contributed by atoms with Crippen molar-refractivity contribution < 1.29 is 9.72 Å². The summed E-state index contributed by atoms with van der Waals surface area (Å²) in [6.45, 7) is 8.35. The summed E-state index contributed by atoms with van der Waals surface area (Å²) in [6, 6.07) is 5.95. The molecule has 116 valence electrons. The van der Waals surface area contributed by atoms with Crippen molar-refractivity contribution in [3.05, 3.63) is 39.9 Å². The Balaban J connectivity index is 2.74. The summed E-state index contributed by atoms with van der Waals surface area (Å²) in [5.41, 5.74) is 0.371. The van der Waals surface area contributed by atoms with Gasteiger partial charge in [-0.15, -0.1) is 0 Å². The number of carbonyl (C=O) groups excluding carboxylic acids is 1. The number of hydrogen-bond acceptors (Lipinski definition) is 4. The monoisotopic (exact) mass is 292 g/mol. The van der Waals surface area contributed by atoms with Crippen LogP contribution >= 0.6 is 0 Å². The first-order valence-corrected chi connectivity index (χ1v) is 7.51. The molecule has 0 N–H and O–H groups in total. The van der Waals surface area contributed by atoms with Crippen LogP contribution in [-0.2, 0) is 0 Å². The largest absolute Gasteiger partial charge is 0.296 e. The Kier molecular flexibility index (Phi) is 7.02. The molecule has 0 amide bonds. The minimum absolute atomic E-state index is 0.0381. The number of ketones is 1. The van der Waals surface area contributed by atoms with Crippen LogP contribution in [0.5, 0.6) is 0 Å². The van der Waals surface area contributed by atoms with E-state index in [-0.39, 0.29) is 11.5 Å².